The molecular weight excluding hydrogens is 288 g/mol. The van der Waals surface area contributed by atoms with E-state index >= 15 is 0 Å². The van der Waals surface area contributed by atoms with E-state index in [9.17, 15) is 14.4 Å². The molecule has 118 valence electrons. The van der Waals surface area contributed by atoms with E-state index in [0.29, 0.717) is 11.4 Å². The molecule has 0 radical (unpaired) electrons. The standard InChI is InChI=1S/C15H18N2O5/c1-15(2,14(20)21)17(3)12(18)8-11-13(19)16-9-6-4-5-7-10(9)22-11/h4-7,11H,8H2,1-3H3,(H,16,19)(H,20,21). The van der Waals surface area contributed by atoms with Gasteiger partial charge in [-0.25, -0.2) is 4.79 Å². The van der Waals surface area contributed by atoms with Crippen LogP contribution in [0.15, 0.2) is 24.3 Å². The van der Waals surface area contributed by atoms with Crippen LogP contribution in [0.25, 0.3) is 0 Å². The molecule has 0 saturated carbocycles. The Balaban J connectivity index is 2.10. The number of ether oxygens (including phenoxy) is 1. The fraction of sp³-hybridized carbons (Fsp3) is 0.400. The Morgan fingerprint density at radius 2 is 2.00 bits per heavy atom. The highest BCUT2D eigenvalue weighted by Gasteiger charge is 2.38. The van der Waals surface area contributed by atoms with Crippen molar-refractivity contribution in [1.82, 2.24) is 4.90 Å². The first-order valence-corrected chi connectivity index (χ1v) is 6.80. The average Bonchev–Trinajstić information content (AvgIpc) is 2.46. The van der Waals surface area contributed by atoms with Gasteiger partial charge in [-0.1, -0.05) is 12.1 Å². The average molecular weight is 306 g/mol. The van der Waals surface area contributed by atoms with Crippen LogP contribution in [0.3, 0.4) is 0 Å². The van der Waals surface area contributed by atoms with Crippen molar-refractivity contribution < 1.29 is 24.2 Å². The van der Waals surface area contributed by atoms with Gasteiger partial charge in [0.25, 0.3) is 5.91 Å². The van der Waals surface area contributed by atoms with E-state index in [0.717, 1.165) is 4.90 Å². The topological polar surface area (TPSA) is 95.9 Å². The number of rotatable bonds is 4. The number of aliphatic carboxylic acids is 1. The molecule has 0 aliphatic carbocycles. The Morgan fingerprint density at radius 3 is 2.64 bits per heavy atom. The first kappa shape index (κ1) is 15.8. The zero-order chi connectivity index (χ0) is 16.5. The number of carbonyl (C=O) groups is 3. The van der Waals surface area contributed by atoms with Crippen LogP contribution >= 0.6 is 0 Å². The van der Waals surface area contributed by atoms with Crippen LogP contribution in [0.1, 0.15) is 20.3 Å². The summed E-state index contributed by atoms with van der Waals surface area (Å²) in [6.07, 6.45) is -1.21. The Morgan fingerprint density at radius 1 is 1.36 bits per heavy atom. The van der Waals surface area contributed by atoms with Crippen molar-refractivity contribution in [2.24, 2.45) is 0 Å². The number of likely N-dealkylation sites (N-methyl/N-ethyl adjacent to an activating group) is 1. The molecule has 0 aromatic heterocycles. The Labute approximate surface area is 127 Å². The van der Waals surface area contributed by atoms with Gasteiger partial charge < -0.3 is 20.1 Å². The number of amides is 2. The monoisotopic (exact) mass is 306 g/mol. The molecule has 1 aliphatic rings. The molecule has 0 bridgehead atoms. The number of nitrogens with zero attached hydrogens (tertiary/aromatic N) is 1. The maximum atomic E-state index is 12.2. The van der Waals surface area contributed by atoms with Crippen molar-refractivity contribution in [3.8, 4) is 5.75 Å². The molecule has 22 heavy (non-hydrogen) atoms. The van der Waals surface area contributed by atoms with Crippen molar-refractivity contribution >= 4 is 23.5 Å². The first-order valence-electron chi connectivity index (χ1n) is 6.80. The summed E-state index contributed by atoms with van der Waals surface area (Å²) in [6.45, 7) is 2.84. The number of hydrogen-bond acceptors (Lipinski definition) is 4. The second-order valence-electron chi connectivity index (χ2n) is 5.61. The van der Waals surface area contributed by atoms with Crippen LogP contribution in [0.5, 0.6) is 5.75 Å². The fourth-order valence-corrected chi connectivity index (χ4v) is 1.98. The number of nitrogens with one attached hydrogen (secondary N) is 1. The molecule has 7 nitrogen and oxygen atoms in total. The molecular formula is C15H18N2O5. The van der Waals surface area contributed by atoms with Crippen LogP contribution in [0, 0.1) is 0 Å². The van der Waals surface area contributed by atoms with Gasteiger partial charge in [0.15, 0.2) is 6.10 Å². The Hall–Kier alpha value is -2.57. The minimum Gasteiger partial charge on any atom is -0.480 e. The zero-order valence-electron chi connectivity index (χ0n) is 12.6. The molecule has 2 N–H and O–H groups in total. The highest BCUT2D eigenvalue weighted by atomic mass is 16.5. The van der Waals surface area contributed by atoms with Gasteiger partial charge >= 0.3 is 5.97 Å². The SMILES string of the molecule is CN(C(=O)CC1Oc2ccccc2NC1=O)C(C)(C)C(=O)O. The van der Waals surface area contributed by atoms with Crippen LogP contribution in [0.2, 0.25) is 0 Å². The lowest BCUT2D eigenvalue weighted by molar-refractivity contribution is -0.156. The third-order valence-corrected chi connectivity index (χ3v) is 3.80. The number of carboxylic acid groups (broad SMARTS) is 1. The Kier molecular flexibility index (Phi) is 4.07. The third-order valence-electron chi connectivity index (χ3n) is 3.80. The summed E-state index contributed by atoms with van der Waals surface area (Å²) in [4.78, 5) is 36.5. The molecule has 0 spiro atoms. The number of benzene rings is 1. The quantitative estimate of drug-likeness (QED) is 0.868. The van der Waals surface area contributed by atoms with Crippen LogP contribution < -0.4 is 10.1 Å². The molecule has 0 fully saturated rings. The van der Waals surface area contributed by atoms with Gasteiger partial charge in [0.2, 0.25) is 5.91 Å². The van der Waals surface area contributed by atoms with Crippen LogP contribution in [0.4, 0.5) is 5.69 Å². The van der Waals surface area contributed by atoms with Gasteiger partial charge in [-0.3, -0.25) is 9.59 Å². The molecule has 1 aromatic carbocycles. The fourth-order valence-electron chi connectivity index (χ4n) is 1.98. The summed E-state index contributed by atoms with van der Waals surface area (Å²) in [5.41, 5.74) is -0.810. The molecule has 2 rings (SSSR count). The van der Waals surface area contributed by atoms with Crippen molar-refractivity contribution in [1.29, 1.82) is 0 Å². The highest BCUT2D eigenvalue weighted by molar-refractivity contribution is 6.00. The molecule has 7 heteroatoms. The summed E-state index contributed by atoms with van der Waals surface area (Å²) >= 11 is 0. The zero-order valence-corrected chi connectivity index (χ0v) is 12.6. The molecule has 2 amide bonds. The number of carboxylic acids is 1. The molecule has 1 heterocycles. The first-order chi connectivity index (χ1) is 10.2. The lowest BCUT2D eigenvalue weighted by Crippen LogP contribution is -2.52. The van der Waals surface area contributed by atoms with E-state index in [2.05, 4.69) is 5.32 Å². The summed E-state index contributed by atoms with van der Waals surface area (Å²) in [7, 11) is 1.39. The molecule has 0 saturated heterocycles. The van der Waals surface area contributed by atoms with E-state index in [1.165, 1.54) is 20.9 Å². The molecule has 1 unspecified atom stereocenters. The van der Waals surface area contributed by atoms with Crippen LogP contribution in [-0.2, 0) is 14.4 Å². The minimum absolute atomic E-state index is 0.229. The summed E-state index contributed by atoms with van der Waals surface area (Å²) in [6, 6.07) is 6.91. The molecule has 1 aliphatic heterocycles. The van der Waals surface area contributed by atoms with Gasteiger partial charge in [-0.2, -0.15) is 0 Å². The summed E-state index contributed by atoms with van der Waals surface area (Å²) < 4.78 is 5.53. The van der Waals surface area contributed by atoms with E-state index in [-0.39, 0.29) is 6.42 Å². The lowest BCUT2D eigenvalue weighted by Gasteiger charge is -2.33. The van der Waals surface area contributed by atoms with E-state index in [4.69, 9.17) is 9.84 Å². The predicted molar refractivity (Wildman–Crippen MR) is 78.6 cm³/mol. The number of hydrogen-bond donors (Lipinski definition) is 2. The molecule has 1 atom stereocenters. The second kappa shape index (κ2) is 5.67. The normalized spacial score (nSPS) is 17.0. The summed E-state index contributed by atoms with van der Waals surface area (Å²) in [5.74, 6) is -1.54. The summed E-state index contributed by atoms with van der Waals surface area (Å²) in [5, 5.41) is 11.8. The largest absolute Gasteiger partial charge is 0.480 e. The minimum atomic E-state index is -1.36. The van der Waals surface area contributed by atoms with E-state index in [1.54, 1.807) is 24.3 Å². The van der Waals surface area contributed by atoms with Crippen molar-refractivity contribution in [3.05, 3.63) is 24.3 Å². The van der Waals surface area contributed by atoms with Crippen molar-refractivity contribution in [2.45, 2.75) is 31.9 Å². The maximum Gasteiger partial charge on any atom is 0.329 e. The maximum absolute atomic E-state index is 12.2. The van der Waals surface area contributed by atoms with Crippen molar-refractivity contribution in [3.63, 3.8) is 0 Å². The Bertz CT molecular complexity index is 626. The van der Waals surface area contributed by atoms with E-state index < -0.39 is 29.4 Å². The predicted octanol–water partition coefficient (Wildman–Crippen LogP) is 1.10. The number of carbonyl (C=O) groups excluding carboxylic acids is 2. The number of anilines is 1. The van der Waals surface area contributed by atoms with Gasteiger partial charge in [-0.05, 0) is 26.0 Å². The van der Waals surface area contributed by atoms with Crippen LogP contribution in [-0.4, -0.2) is 46.5 Å². The van der Waals surface area contributed by atoms with Gasteiger partial charge in [0.1, 0.15) is 11.3 Å². The number of para-hydroxylation sites is 2. The van der Waals surface area contributed by atoms with Gasteiger partial charge in [0, 0.05) is 7.05 Å². The van der Waals surface area contributed by atoms with Gasteiger partial charge in [-0.15, -0.1) is 0 Å². The third kappa shape index (κ3) is 2.88. The number of fused-ring (bicyclic) bond motifs is 1. The smallest absolute Gasteiger partial charge is 0.329 e. The second-order valence-corrected chi connectivity index (χ2v) is 5.61. The van der Waals surface area contributed by atoms with Gasteiger partial charge in [0.05, 0.1) is 12.1 Å². The van der Waals surface area contributed by atoms with Crippen molar-refractivity contribution in [2.75, 3.05) is 12.4 Å². The lowest BCUT2D eigenvalue weighted by atomic mass is 10.0. The van der Waals surface area contributed by atoms with E-state index in [1.807, 2.05) is 0 Å². The highest BCUT2D eigenvalue weighted by Crippen LogP contribution is 2.30. The molecule has 1 aromatic rings.